The van der Waals surface area contributed by atoms with Gasteiger partial charge in [-0.15, -0.1) is 10.2 Å². The molecule has 0 aliphatic carbocycles. The Kier molecular flexibility index (Phi) is 5.30. The van der Waals surface area contributed by atoms with Crippen LogP contribution in [0.15, 0.2) is 28.7 Å². The van der Waals surface area contributed by atoms with Gasteiger partial charge in [0.25, 0.3) is 0 Å². The molecular weight excluding hydrogens is 324 g/mol. The van der Waals surface area contributed by atoms with Crippen molar-refractivity contribution < 1.29 is 0 Å². The molecule has 1 heterocycles. The number of hydrogen-bond donors (Lipinski definition) is 1. The maximum Gasteiger partial charge on any atom is 0.205 e. The summed E-state index contributed by atoms with van der Waals surface area (Å²) in [5, 5.41) is 13.4. The van der Waals surface area contributed by atoms with E-state index in [2.05, 4.69) is 68.5 Å². The summed E-state index contributed by atoms with van der Waals surface area (Å²) >= 11 is 5.11. The molecule has 0 bridgehead atoms. The quantitative estimate of drug-likeness (QED) is 0.875. The number of aromatic nitrogens is 2. The first kappa shape index (κ1) is 14.4. The van der Waals surface area contributed by atoms with Crippen molar-refractivity contribution in [2.24, 2.45) is 0 Å². The Morgan fingerprint density at radius 1 is 1.32 bits per heavy atom. The number of anilines is 1. The molecule has 0 atom stereocenters. The first-order valence-electron chi connectivity index (χ1n) is 6.16. The zero-order valence-corrected chi connectivity index (χ0v) is 13.5. The van der Waals surface area contributed by atoms with Gasteiger partial charge in [-0.2, -0.15) is 0 Å². The van der Waals surface area contributed by atoms with Crippen LogP contribution >= 0.6 is 27.3 Å². The molecular formula is C13H17BrN4S. The third-order valence-electron chi connectivity index (χ3n) is 2.54. The monoisotopic (exact) mass is 340 g/mol. The number of nitrogens with one attached hydrogen (secondary N) is 1. The highest BCUT2D eigenvalue weighted by Crippen LogP contribution is 2.18. The zero-order chi connectivity index (χ0) is 13.7. The van der Waals surface area contributed by atoms with Crippen LogP contribution in [0, 0.1) is 0 Å². The lowest BCUT2D eigenvalue weighted by Gasteiger charge is -2.14. The van der Waals surface area contributed by atoms with Crippen LogP contribution in [0.1, 0.15) is 17.5 Å². The van der Waals surface area contributed by atoms with Crippen LogP contribution in [0.25, 0.3) is 0 Å². The summed E-state index contributed by atoms with van der Waals surface area (Å²) in [6.45, 7) is 4.65. The van der Waals surface area contributed by atoms with E-state index in [1.807, 2.05) is 6.07 Å². The summed E-state index contributed by atoms with van der Waals surface area (Å²) in [6, 6.07) is 8.37. The minimum Gasteiger partial charge on any atom is -0.360 e. The first-order valence-corrected chi connectivity index (χ1v) is 7.77. The van der Waals surface area contributed by atoms with Crippen LogP contribution in [-0.4, -0.2) is 28.7 Å². The molecule has 0 radical (unpaired) electrons. The van der Waals surface area contributed by atoms with Gasteiger partial charge >= 0.3 is 0 Å². The average molecular weight is 341 g/mol. The van der Waals surface area contributed by atoms with Crippen molar-refractivity contribution in [1.29, 1.82) is 0 Å². The van der Waals surface area contributed by atoms with Gasteiger partial charge in [0, 0.05) is 17.6 Å². The maximum atomic E-state index is 4.19. The van der Waals surface area contributed by atoms with Crippen LogP contribution in [0.2, 0.25) is 0 Å². The van der Waals surface area contributed by atoms with Crippen LogP contribution in [-0.2, 0) is 13.1 Å². The third-order valence-corrected chi connectivity index (χ3v) is 3.90. The Hall–Kier alpha value is -0.980. The van der Waals surface area contributed by atoms with Crippen LogP contribution in [0.3, 0.4) is 0 Å². The first-order chi connectivity index (χ1) is 9.17. The summed E-state index contributed by atoms with van der Waals surface area (Å²) < 4.78 is 1.11. The van der Waals surface area contributed by atoms with Gasteiger partial charge in [0.1, 0.15) is 5.01 Å². The molecule has 0 fully saturated rings. The number of benzene rings is 1. The van der Waals surface area contributed by atoms with E-state index in [0.29, 0.717) is 0 Å². The van der Waals surface area contributed by atoms with Gasteiger partial charge in [0.05, 0.1) is 6.54 Å². The molecule has 2 rings (SSSR count). The Balaban J connectivity index is 1.91. The summed E-state index contributed by atoms with van der Waals surface area (Å²) in [6.07, 6.45) is 0. The zero-order valence-electron chi connectivity index (χ0n) is 11.1. The Morgan fingerprint density at radius 3 is 2.89 bits per heavy atom. The van der Waals surface area contributed by atoms with Gasteiger partial charge in [0.2, 0.25) is 5.13 Å². The lowest BCUT2D eigenvalue weighted by atomic mass is 10.2. The summed E-state index contributed by atoms with van der Waals surface area (Å²) in [7, 11) is 2.09. The van der Waals surface area contributed by atoms with Gasteiger partial charge in [-0.25, -0.2) is 0 Å². The molecule has 1 N–H and O–H groups in total. The molecule has 0 unspecified atom stereocenters. The van der Waals surface area contributed by atoms with Crippen LogP contribution < -0.4 is 5.32 Å². The number of halogens is 1. The van der Waals surface area contributed by atoms with E-state index in [1.54, 1.807) is 11.3 Å². The normalized spacial score (nSPS) is 10.9. The molecule has 0 saturated carbocycles. The number of rotatable bonds is 6. The van der Waals surface area contributed by atoms with Crippen molar-refractivity contribution in [2.45, 2.75) is 20.0 Å². The molecule has 6 heteroatoms. The van der Waals surface area contributed by atoms with E-state index in [1.165, 1.54) is 5.56 Å². The Labute approximate surface area is 126 Å². The topological polar surface area (TPSA) is 41.1 Å². The molecule has 4 nitrogen and oxygen atoms in total. The SMILES string of the molecule is CCNc1nnc(CN(C)Cc2cccc(Br)c2)s1. The third kappa shape index (κ3) is 4.56. The molecule has 1 aromatic heterocycles. The predicted octanol–water partition coefficient (Wildman–Crippen LogP) is 3.36. The van der Waals surface area contributed by atoms with Gasteiger partial charge in [-0.3, -0.25) is 4.90 Å². The summed E-state index contributed by atoms with van der Waals surface area (Å²) in [4.78, 5) is 2.23. The fourth-order valence-corrected chi connectivity index (χ4v) is 3.11. The van der Waals surface area contributed by atoms with Crippen molar-refractivity contribution in [2.75, 3.05) is 18.9 Å². The second-order valence-electron chi connectivity index (χ2n) is 4.33. The van der Waals surface area contributed by atoms with Crippen LogP contribution in [0.5, 0.6) is 0 Å². The molecule has 0 aliphatic rings. The smallest absolute Gasteiger partial charge is 0.205 e. The molecule has 2 aromatic rings. The second kappa shape index (κ2) is 6.98. The van der Waals surface area contributed by atoms with Crippen molar-refractivity contribution in [1.82, 2.24) is 15.1 Å². The lowest BCUT2D eigenvalue weighted by Crippen LogP contribution is -2.17. The minimum atomic E-state index is 0.815. The highest BCUT2D eigenvalue weighted by atomic mass is 79.9. The van der Waals surface area contributed by atoms with Crippen molar-refractivity contribution in [3.05, 3.63) is 39.3 Å². The Morgan fingerprint density at radius 2 is 2.16 bits per heavy atom. The maximum absolute atomic E-state index is 4.19. The van der Waals surface area contributed by atoms with E-state index in [4.69, 9.17) is 0 Å². The van der Waals surface area contributed by atoms with Crippen molar-refractivity contribution in [3.8, 4) is 0 Å². The lowest BCUT2D eigenvalue weighted by molar-refractivity contribution is 0.317. The number of hydrogen-bond acceptors (Lipinski definition) is 5. The molecule has 0 amide bonds. The van der Waals surface area contributed by atoms with E-state index < -0.39 is 0 Å². The highest BCUT2D eigenvalue weighted by Gasteiger charge is 2.07. The standard InChI is InChI=1S/C13H17BrN4S/c1-3-15-13-17-16-12(19-13)9-18(2)8-10-5-4-6-11(14)7-10/h4-7H,3,8-9H2,1-2H3,(H,15,17). The van der Waals surface area contributed by atoms with Gasteiger partial charge in [-0.1, -0.05) is 39.4 Å². The van der Waals surface area contributed by atoms with E-state index in [-0.39, 0.29) is 0 Å². The molecule has 19 heavy (non-hydrogen) atoms. The second-order valence-corrected chi connectivity index (χ2v) is 6.31. The predicted molar refractivity (Wildman–Crippen MR) is 83.4 cm³/mol. The summed E-state index contributed by atoms with van der Waals surface area (Å²) in [5.41, 5.74) is 1.29. The molecule has 0 aliphatic heterocycles. The van der Waals surface area contributed by atoms with Crippen molar-refractivity contribution in [3.63, 3.8) is 0 Å². The largest absolute Gasteiger partial charge is 0.360 e. The fraction of sp³-hybridized carbons (Fsp3) is 0.385. The molecule has 102 valence electrons. The fourth-order valence-electron chi connectivity index (χ4n) is 1.77. The van der Waals surface area contributed by atoms with E-state index in [0.717, 1.165) is 34.2 Å². The highest BCUT2D eigenvalue weighted by molar-refractivity contribution is 9.10. The minimum absolute atomic E-state index is 0.815. The Bertz CT molecular complexity index is 529. The van der Waals surface area contributed by atoms with E-state index in [9.17, 15) is 0 Å². The number of nitrogens with zero attached hydrogens (tertiary/aromatic N) is 3. The molecule has 0 saturated heterocycles. The van der Waals surface area contributed by atoms with Crippen LogP contribution in [0.4, 0.5) is 5.13 Å². The van der Waals surface area contributed by atoms with Crippen molar-refractivity contribution >= 4 is 32.4 Å². The average Bonchev–Trinajstić information content (AvgIpc) is 2.77. The molecule has 1 aromatic carbocycles. The van der Waals surface area contributed by atoms with E-state index >= 15 is 0 Å². The van der Waals surface area contributed by atoms with Gasteiger partial charge in [0.15, 0.2) is 0 Å². The van der Waals surface area contributed by atoms with Gasteiger partial charge in [-0.05, 0) is 31.7 Å². The summed E-state index contributed by atoms with van der Waals surface area (Å²) in [5.74, 6) is 0. The van der Waals surface area contributed by atoms with Gasteiger partial charge < -0.3 is 5.32 Å². The molecule has 0 spiro atoms.